The Balaban J connectivity index is 2.01. The van der Waals surface area contributed by atoms with Crippen molar-refractivity contribution in [2.45, 2.75) is 0 Å². The predicted molar refractivity (Wildman–Crippen MR) is 85.0 cm³/mol. The number of nitrogens with two attached hydrogens (primary N) is 1. The molecule has 2 rings (SSSR count). The standard InChI is InChI=1S/C16H15N3O4/c1-23-13-5-3-2-4-12(13)18-15(21)16(22)19-14(20)10-6-8-11(17)9-7-10/h2-9H,17H2,1H3,(H,18,21)(H,19,20,22). The summed E-state index contributed by atoms with van der Waals surface area (Å²) in [5.41, 5.74) is 6.55. The number of anilines is 2. The lowest BCUT2D eigenvalue weighted by molar-refractivity contribution is -0.135. The van der Waals surface area contributed by atoms with E-state index in [0.29, 0.717) is 17.1 Å². The Morgan fingerprint density at radius 2 is 1.61 bits per heavy atom. The monoisotopic (exact) mass is 313 g/mol. The molecule has 0 saturated carbocycles. The van der Waals surface area contributed by atoms with Crippen LogP contribution < -0.4 is 21.1 Å². The Labute approximate surface area is 132 Å². The second-order valence-corrected chi connectivity index (χ2v) is 4.56. The lowest BCUT2D eigenvalue weighted by atomic mass is 10.2. The van der Waals surface area contributed by atoms with E-state index in [2.05, 4.69) is 5.32 Å². The number of benzene rings is 2. The number of imide groups is 1. The highest BCUT2D eigenvalue weighted by Crippen LogP contribution is 2.22. The molecule has 0 fully saturated rings. The van der Waals surface area contributed by atoms with Gasteiger partial charge in [-0.15, -0.1) is 0 Å². The van der Waals surface area contributed by atoms with Crippen LogP contribution in [0.4, 0.5) is 11.4 Å². The third-order valence-corrected chi connectivity index (χ3v) is 2.96. The van der Waals surface area contributed by atoms with Crippen LogP contribution in [0.5, 0.6) is 5.75 Å². The molecule has 0 aliphatic carbocycles. The van der Waals surface area contributed by atoms with Gasteiger partial charge in [0.25, 0.3) is 5.91 Å². The minimum absolute atomic E-state index is 0.220. The van der Waals surface area contributed by atoms with Crippen molar-refractivity contribution in [1.29, 1.82) is 0 Å². The zero-order valence-electron chi connectivity index (χ0n) is 12.3. The topological polar surface area (TPSA) is 111 Å². The first kappa shape index (κ1) is 16.0. The van der Waals surface area contributed by atoms with Crippen LogP contribution in [0.2, 0.25) is 0 Å². The second-order valence-electron chi connectivity index (χ2n) is 4.56. The van der Waals surface area contributed by atoms with Gasteiger partial charge in [0.1, 0.15) is 5.75 Å². The minimum Gasteiger partial charge on any atom is -0.495 e. The quantitative estimate of drug-likeness (QED) is 0.582. The molecule has 0 aromatic heterocycles. The average Bonchev–Trinajstić information content (AvgIpc) is 2.55. The molecule has 2 aromatic carbocycles. The van der Waals surface area contributed by atoms with Crippen molar-refractivity contribution < 1.29 is 19.1 Å². The van der Waals surface area contributed by atoms with Crippen molar-refractivity contribution in [3.8, 4) is 5.75 Å². The molecule has 0 heterocycles. The second kappa shape index (κ2) is 7.08. The van der Waals surface area contributed by atoms with Crippen molar-refractivity contribution >= 4 is 29.1 Å². The van der Waals surface area contributed by atoms with Crippen LogP contribution in [0.1, 0.15) is 10.4 Å². The Kier molecular flexibility index (Phi) is 4.93. The maximum atomic E-state index is 11.9. The van der Waals surface area contributed by atoms with E-state index in [9.17, 15) is 14.4 Å². The van der Waals surface area contributed by atoms with Crippen molar-refractivity contribution in [3.05, 3.63) is 54.1 Å². The summed E-state index contributed by atoms with van der Waals surface area (Å²) in [5.74, 6) is -2.33. The van der Waals surface area contributed by atoms with Gasteiger partial charge in [-0.25, -0.2) is 0 Å². The van der Waals surface area contributed by atoms with Gasteiger partial charge in [-0.3, -0.25) is 19.7 Å². The summed E-state index contributed by atoms with van der Waals surface area (Å²) in [4.78, 5) is 35.5. The van der Waals surface area contributed by atoms with E-state index >= 15 is 0 Å². The Morgan fingerprint density at radius 3 is 2.26 bits per heavy atom. The third-order valence-electron chi connectivity index (χ3n) is 2.96. The van der Waals surface area contributed by atoms with Crippen LogP contribution in [0.3, 0.4) is 0 Å². The Bertz CT molecular complexity index is 741. The molecule has 0 spiro atoms. The van der Waals surface area contributed by atoms with Crippen molar-refractivity contribution in [2.24, 2.45) is 0 Å². The van der Waals surface area contributed by atoms with E-state index in [1.165, 1.54) is 31.4 Å². The normalized spacial score (nSPS) is 9.78. The van der Waals surface area contributed by atoms with E-state index < -0.39 is 17.7 Å². The first-order valence-electron chi connectivity index (χ1n) is 6.66. The van der Waals surface area contributed by atoms with Crippen LogP contribution in [0.15, 0.2) is 48.5 Å². The number of para-hydroxylation sites is 2. The highest BCUT2D eigenvalue weighted by molar-refractivity contribution is 6.42. The molecule has 0 saturated heterocycles. The molecule has 7 nitrogen and oxygen atoms in total. The SMILES string of the molecule is COc1ccccc1NC(=O)C(=O)NC(=O)c1ccc(N)cc1. The van der Waals surface area contributed by atoms with Gasteiger partial charge in [0.05, 0.1) is 12.8 Å². The van der Waals surface area contributed by atoms with E-state index in [0.717, 1.165) is 0 Å². The summed E-state index contributed by atoms with van der Waals surface area (Å²) in [5, 5.41) is 4.38. The number of hydrogen-bond donors (Lipinski definition) is 3. The number of carbonyl (C=O) groups excluding carboxylic acids is 3. The smallest absolute Gasteiger partial charge is 0.316 e. The van der Waals surface area contributed by atoms with E-state index in [1.54, 1.807) is 24.3 Å². The van der Waals surface area contributed by atoms with Crippen LogP contribution in [-0.4, -0.2) is 24.8 Å². The zero-order valence-corrected chi connectivity index (χ0v) is 12.3. The molecular weight excluding hydrogens is 298 g/mol. The fourth-order valence-corrected chi connectivity index (χ4v) is 1.79. The molecule has 23 heavy (non-hydrogen) atoms. The van der Waals surface area contributed by atoms with E-state index in [4.69, 9.17) is 10.5 Å². The highest BCUT2D eigenvalue weighted by atomic mass is 16.5. The van der Waals surface area contributed by atoms with Gasteiger partial charge >= 0.3 is 11.8 Å². The van der Waals surface area contributed by atoms with E-state index in [-0.39, 0.29) is 5.56 Å². The molecule has 118 valence electrons. The number of carbonyl (C=O) groups is 3. The van der Waals surface area contributed by atoms with Gasteiger partial charge in [0.15, 0.2) is 0 Å². The van der Waals surface area contributed by atoms with Gasteiger partial charge < -0.3 is 15.8 Å². The number of amides is 3. The van der Waals surface area contributed by atoms with Gasteiger partial charge in [-0.05, 0) is 36.4 Å². The maximum Gasteiger partial charge on any atom is 0.316 e. The first-order chi connectivity index (χ1) is 11.0. The molecule has 0 atom stereocenters. The Hall–Kier alpha value is -3.35. The van der Waals surface area contributed by atoms with Crippen molar-refractivity contribution in [3.63, 3.8) is 0 Å². The minimum atomic E-state index is -1.07. The maximum absolute atomic E-state index is 11.9. The van der Waals surface area contributed by atoms with Crippen LogP contribution >= 0.6 is 0 Å². The third kappa shape index (κ3) is 4.07. The largest absolute Gasteiger partial charge is 0.495 e. The zero-order chi connectivity index (χ0) is 16.8. The van der Waals surface area contributed by atoms with Gasteiger partial charge in [0.2, 0.25) is 0 Å². The van der Waals surface area contributed by atoms with Gasteiger partial charge in [0, 0.05) is 11.3 Å². The molecule has 0 bridgehead atoms. The summed E-state index contributed by atoms with van der Waals surface area (Å²) in [6, 6.07) is 12.6. The number of nitrogen functional groups attached to an aromatic ring is 1. The summed E-state index contributed by atoms with van der Waals surface area (Å²) >= 11 is 0. The molecule has 0 aliphatic heterocycles. The van der Waals surface area contributed by atoms with Gasteiger partial charge in [-0.2, -0.15) is 0 Å². The molecule has 7 heteroatoms. The molecule has 0 radical (unpaired) electrons. The molecular formula is C16H15N3O4. The predicted octanol–water partition coefficient (Wildman–Crippen LogP) is 1.17. The molecule has 4 N–H and O–H groups in total. The van der Waals surface area contributed by atoms with Crippen LogP contribution in [-0.2, 0) is 9.59 Å². The lowest BCUT2D eigenvalue weighted by Gasteiger charge is -2.09. The van der Waals surface area contributed by atoms with Crippen LogP contribution in [0.25, 0.3) is 0 Å². The fraction of sp³-hybridized carbons (Fsp3) is 0.0625. The fourth-order valence-electron chi connectivity index (χ4n) is 1.79. The number of methoxy groups -OCH3 is 1. The van der Waals surface area contributed by atoms with Crippen molar-refractivity contribution in [1.82, 2.24) is 5.32 Å². The Morgan fingerprint density at radius 1 is 0.957 bits per heavy atom. The van der Waals surface area contributed by atoms with E-state index in [1.807, 2.05) is 5.32 Å². The summed E-state index contributed by atoms with van der Waals surface area (Å²) in [6.07, 6.45) is 0. The number of ether oxygens (including phenoxy) is 1. The van der Waals surface area contributed by atoms with Crippen molar-refractivity contribution in [2.75, 3.05) is 18.2 Å². The molecule has 2 aromatic rings. The molecule has 3 amide bonds. The number of hydrogen-bond acceptors (Lipinski definition) is 5. The highest BCUT2D eigenvalue weighted by Gasteiger charge is 2.19. The molecule has 0 aliphatic rings. The number of nitrogens with one attached hydrogen (secondary N) is 2. The molecule has 0 unspecified atom stereocenters. The average molecular weight is 313 g/mol. The van der Waals surface area contributed by atoms with Gasteiger partial charge in [-0.1, -0.05) is 12.1 Å². The first-order valence-corrected chi connectivity index (χ1v) is 6.66. The summed E-state index contributed by atoms with van der Waals surface area (Å²) in [7, 11) is 1.44. The van der Waals surface area contributed by atoms with Crippen LogP contribution in [0, 0.1) is 0 Å². The summed E-state index contributed by atoms with van der Waals surface area (Å²) < 4.78 is 5.06. The lowest BCUT2D eigenvalue weighted by Crippen LogP contribution is -2.39. The number of rotatable bonds is 3. The summed E-state index contributed by atoms with van der Waals surface area (Å²) in [6.45, 7) is 0.